The van der Waals surface area contributed by atoms with Gasteiger partial charge in [-0.25, -0.2) is 4.98 Å². The number of halogens is 2. The zero-order chi connectivity index (χ0) is 14.7. The fourth-order valence-electron chi connectivity index (χ4n) is 2.60. The Labute approximate surface area is 135 Å². The van der Waals surface area contributed by atoms with Crippen molar-refractivity contribution < 1.29 is 0 Å². The lowest BCUT2D eigenvalue weighted by atomic mass is 10.2. The van der Waals surface area contributed by atoms with Crippen LogP contribution in [0.25, 0.3) is 0 Å². The molecule has 0 radical (unpaired) electrons. The van der Waals surface area contributed by atoms with Crippen LogP contribution in [0.4, 0.5) is 11.5 Å². The molecule has 2 heterocycles. The third kappa shape index (κ3) is 3.25. The number of para-hydroxylation sites is 1. The van der Waals surface area contributed by atoms with E-state index < -0.39 is 0 Å². The minimum Gasteiger partial charge on any atom is -0.367 e. The number of hydrogen-bond acceptors (Lipinski definition) is 3. The highest BCUT2D eigenvalue weighted by molar-refractivity contribution is 6.33. The van der Waals surface area contributed by atoms with Crippen LogP contribution in [0, 0.1) is 0 Å². The summed E-state index contributed by atoms with van der Waals surface area (Å²) < 4.78 is 0. The molecule has 1 aliphatic heterocycles. The van der Waals surface area contributed by atoms with Crippen LogP contribution in [-0.2, 0) is 5.88 Å². The molecule has 1 saturated heterocycles. The van der Waals surface area contributed by atoms with E-state index in [1.54, 1.807) is 0 Å². The minimum absolute atomic E-state index is 0.523. The summed E-state index contributed by atoms with van der Waals surface area (Å²) in [6.45, 7) is 3.75. The van der Waals surface area contributed by atoms with Crippen molar-refractivity contribution >= 4 is 34.7 Å². The number of benzene rings is 1. The Hall–Kier alpha value is -1.45. The molecule has 0 aliphatic carbocycles. The summed E-state index contributed by atoms with van der Waals surface area (Å²) in [7, 11) is 0. The lowest BCUT2D eigenvalue weighted by molar-refractivity contribution is 0.647. The van der Waals surface area contributed by atoms with Gasteiger partial charge in [0.1, 0.15) is 5.82 Å². The highest BCUT2D eigenvalue weighted by Gasteiger charge is 2.19. The van der Waals surface area contributed by atoms with Gasteiger partial charge < -0.3 is 9.80 Å². The predicted molar refractivity (Wildman–Crippen MR) is 89.7 cm³/mol. The van der Waals surface area contributed by atoms with Gasteiger partial charge in [0.05, 0.1) is 10.7 Å². The molecule has 21 heavy (non-hydrogen) atoms. The lowest BCUT2D eigenvalue weighted by Gasteiger charge is -2.37. The molecule has 0 amide bonds. The average molecular weight is 322 g/mol. The third-order valence-electron chi connectivity index (χ3n) is 3.76. The third-order valence-corrected chi connectivity index (χ3v) is 4.39. The van der Waals surface area contributed by atoms with Crippen molar-refractivity contribution in [3.63, 3.8) is 0 Å². The van der Waals surface area contributed by atoms with E-state index in [-0.39, 0.29) is 0 Å². The van der Waals surface area contributed by atoms with Crippen LogP contribution in [0.5, 0.6) is 0 Å². The molecule has 1 fully saturated rings. The summed E-state index contributed by atoms with van der Waals surface area (Å²) in [6.07, 6.45) is 1.83. The molecule has 0 unspecified atom stereocenters. The van der Waals surface area contributed by atoms with E-state index in [4.69, 9.17) is 23.2 Å². The first kappa shape index (κ1) is 14.5. The Bertz CT molecular complexity index is 610. The lowest BCUT2D eigenvalue weighted by Crippen LogP contribution is -2.47. The second-order valence-corrected chi connectivity index (χ2v) is 5.76. The van der Waals surface area contributed by atoms with E-state index in [0.717, 1.165) is 48.3 Å². The highest BCUT2D eigenvalue weighted by atomic mass is 35.5. The van der Waals surface area contributed by atoms with Crippen molar-refractivity contribution in [3.8, 4) is 0 Å². The molecular weight excluding hydrogens is 305 g/mol. The molecule has 0 N–H and O–H groups in total. The van der Waals surface area contributed by atoms with Gasteiger partial charge in [0.15, 0.2) is 0 Å². The maximum absolute atomic E-state index is 6.27. The smallest absolute Gasteiger partial charge is 0.128 e. The first-order valence-electron chi connectivity index (χ1n) is 7.03. The summed E-state index contributed by atoms with van der Waals surface area (Å²) in [5.74, 6) is 1.53. The van der Waals surface area contributed by atoms with Crippen LogP contribution in [-0.4, -0.2) is 31.2 Å². The van der Waals surface area contributed by atoms with Crippen molar-refractivity contribution in [1.82, 2.24) is 4.98 Å². The Balaban J connectivity index is 1.69. The molecule has 3 rings (SSSR count). The minimum atomic E-state index is 0.523. The van der Waals surface area contributed by atoms with Gasteiger partial charge in [-0.3, -0.25) is 0 Å². The molecule has 0 spiro atoms. The molecule has 2 aromatic rings. The van der Waals surface area contributed by atoms with E-state index in [0.29, 0.717) is 5.88 Å². The number of nitrogens with zero attached hydrogens (tertiary/aromatic N) is 3. The van der Waals surface area contributed by atoms with Gasteiger partial charge in [0.25, 0.3) is 0 Å². The number of pyridine rings is 1. The standard InChI is InChI=1S/C16H17Cl2N3/c17-12-13-5-6-19-16(11-13)21-9-7-20(8-10-21)15-4-2-1-3-14(15)18/h1-6,11H,7-10,12H2. The Morgan fingerprint density at radius 2 is 1.71 bits per heavy atom. The first-order valence-corrected chi connectivity index (χ1v) is 7.94. The summed E-state index contributed by atoms with van der Waals surface area (Å²) in [5, 5.41) is 0.813. The second kappa shape index (κ2) is 6.54. The van der Waals surface area contributed by atoms with Gasteiger partial charge in [-0.15, -0.1) is 11.6 Å². The fourth-order valence-corrected chi connectivity index (χ4v) is 3.02. The van der Waals surface area contributed by atoms with Gasteiger partial charge in [-0.05, 0) is 29.8 Å². The number of piperazine rings is 1. The Morgan fingerprint density at radius 1 is 1.00 bits per heavy atom. The number of alkyl halides is 1. The molecule has 3 nitrogen and oxygen atoms in total. The van der Waals surface area contributed by atoms with Crippen LogP contribution >= 0.6 is 23.2 Å². The predicted octanol–water partition coefficient (Wildman–Crippen LogP) is 3.80. The maximum atomic E-state index is 6.27. The molecule has 1 aromatic heterocycles. The van der Waals surface area contributed by atoms with Crippen molar-refractivity contribution in [2.24, 2.45) is 0 Å². The van der Waals surface area contributed by atoms with E-state index in [2.05, 4.69) is 26.9 Å². The quantitative estimate of drug-likeness (QED) is 0.801. The summed E-state index contributed by atoms with van der Waals surface area (Å²) >= 11 is 12.2. The number of hydrogen-bond donors (Lipinski definition) is 0. The van der Waals surface area contributed by atoms with E-state index in [1.165, 1.54) is 0 Å². The first-order chi connectivity index (χ1) is 10.3. The molecule has 1 aliphatic rings. The summed E-state index contributed by atoms with van der Waals surface area (Å²) in [6, 6.07) is 12.0. The largest absolute Gasteiger partial charge is 0.367 e. The van der Waals surface area contributed by atoms with Crippen LogP contribution in [0.1, 0.15) is 5.56 Å². The van der Waals surface area contributed by atoms with Gasteiger partial charge in [0, 0.05) is 38.3 Å². The molecular formula is C16H17Cl2N3. The Morgan fingerprint density at radius 3 is 2.43 bits per heavy atom. The molecule has 0 saturated carbocycles. The zero-order valence-electron chi connectivity index (χ0n) is 11.7. The van der Waals surface area contributed by atoms with Crippen molar-refractivity contribution in [1.29, 1.82) is 0 Å². The van der Waals surface area contributed by atoms with Gasteiger partial charge >= 0.3 is 0 Å². The van der Waals surface area contributed by atoms with Gasteiger partial charge in [0.2, 0.25) is 0 Å². The normalized spacial score (nSPS) is 15.3. The molecule has 1 aromatic carbocycles. The SMILES string of the molecule is ClCc1ccnc(N2CCN(c3ccccc3Cl)CC2)c1. The molecule has 0 bridgehead atoms. The van der Waals surface area contributed by atoms with Gasteiger partial charge in [-0.1, -0.05) is 23.7 Å². The summed E-state index contributed by atoms with van der Waals surface area (Å²) in [5.41, 5.74) is 2.22. The highest BCUT2D eigenvalue weighted by Crippen LogP contribution is 2.27. The molecule has 0 atom stereocenters. The van der Waals surface area contributed by atoms with Crippen molar-refractivity contribution in [2.45, 2.75) is 5.88 Å². The average Bonchev–Trinajstić information content (AvgIpc) is 2.56. The van der Waals surface area contributed by atoms with E-state index >= 15 is 0 Å². The van der Waals surface area contributed by atoms with Crippen molar-refractivity contribution in [3.05, 3.63) is 53.2 Å². The molecule has 110 valence electrons. The monoisotopic (exact) mass is 321 g/mol. The summed E-state index contributed by atoms with van der Waals surface area (Å²) in [4.78, 5) is 9.07. The fraction of sp³-hybridized carbons (Fsp3) is 0.312. The van der Waals surface area contributed by atoms with E-state index in [1.807, 2.05) is 30.5 Å². The Kier molecular flexibility index (Phi) is 4.51. The van der Waals surface area contributed by atoms with Crippen LogP contribution < -0.4 is 9.80 Å². The second-order valence-electron chi connectivity index (χ2n) is 5.08. The molecule has 5 heteroatoms. The zero-order valence-corrected chi connectivity index (χ0v) is 13.2. The van der Waals surface area contributed by atoms with Gasteiger partial charge in [-0.2, -0.15) is 0 Å². The topological polar surface area (TPSA) is 19.4 Å². The number of aromatic nitrogens is 1. The maximum Gasteiger partial charge on any atom is 0.128 e. The van der Waals surface area contributed by atoms with E-state index in [9.17, 15) is 0 Å². The van der Waals surface area contributed by atoms with Crippen molar-refractivity contribution in [2.75, 3.05) is 36.0 Å². The number of rotatable bonds is 3. The van der Waals surface area contributed by atoms with Crippen LogP contribution in [0.3, 0.4) is 0 Å². The number of anilines is 2. The van der Waals surface area contributed by atoms with Crippen LogP contribution in [0.15, 0.2) is 42.6 Å². The van der Waals surface area contributed by atoms with Crippen LogP contribution in [0.2, 0.25) is 5.02 Å².